The Labute approximate surface area is 252 Å². The summed E-state index contributed by atoms with van der Waals surface area (Å²) in [4.78, 5) is 42.1. The fourth-order valence-corrected chi connectivity index (χ4v) is 7.70. The molecule has 1 saturated carbocycles. The van der Waals surface area contributed by atoms with Crippen LogP contribution >= 0.6 is 22.7 Å². The van der Waals surface area contributed by atoms with E-state index in [4.69, 9.17) is 14.8 Å². The summed E-state index contributed by atoms with van der Waals surface area (Å²) in [5, 5.41) is 10.0. The summed E-state index contributed by atoms with van der Waals surface area (Å²) in [6.07, 6.45) is 5.44. The van der Waals surface area contributed by atoms with Crippen molar-refractivity contribution >= 4 is 50.9 Å². The van der Waals surface area contributed by atoms with Crippen LogP contribution in [-0.4, -0.2) is 61.5 Å². The highest BCUT2D eigenvalue weighted by molar-refractivity contribution is 7.18. The van der Waals surface area contributed by atoms with Gasteiger partial charge in [0.1, 0.15) is 10.6 Å². The number of thiophene rings is 1. The Morgan fingerprint density at radius 2 is 1.95 bits per heavy atom. The summed E-state index contributed by atoms with van der Waals surface area (Å²) >= 11 is 2.63. The van der Waals surface area contributed by atoms with Crippen LogP contribution in [0.15, 0.2) is 28.6 Å². The molecule has 220 valence electrons. The van der Waals surface area contributed by atoms with E-state index in [1.54, 1.807) is 10.9 Å². The maximum atomic E-state index is 13.0. The third-order valence-electron chi connectivity index (χ3n) is 8.33. The van der Waals surface area contributed by atoms with Crippen LogP contribution in [0.2, 0.25) is 0 Å². The summed E-state index contributed by atoms with van der Waals surface area (Å²) in [7, 11) is 1.40. The lowest BCUT2D eigenvalue weighted by molar-refractivity contribution is 0.0605. The van der Waals surface area contributed by atoms with Crippen molar-refractivity contribution in [3.05, 3.63) is 61.9 Å². The molecule has 5 heterocycles. The number of fused-ring (bicyclic) bond motifs is 1. The molecule has 1 fully saturated rings. The van der Waals surface area contributed by atoms with E-state index in [2.05, 4.69) is 27.1 Å². The van der Waals surface area contributed by atoms with E-state index in [1.807, 2.05) is 30.5 Å². The van der Waals surface area contributed by atoms with Gasteiger partial charge in [0.05, 0.1) is 24.2 Å². The number of ether oxygens (including phenoxy) is 1. The SMILES string of the molecule is COC(=O)c1sc(NC(=O)c2cscn2)cc1C1=C(C2CCC(C)CC2)CN(Cc2nc3nc(C)cc(C)n3n2)CC1. The van der Waals surface area contributed by atoms with Gasteiger partial charge in [-0.05, 0) is 68.2 Å². The molecule has 4 aromatic rings. The molecule has 0 saturated heterocycles. The van der Waals surface area contributed by atoms with Crippen molar-refractivity contribution in [2.24, 2.45) is 11.8 Å². The number of esters is 1. The van der Waals surface area contributed by atoms with Gasteiger partial charge in [0.2, 0.25) is 0 Å². The average molecular weight is 606 g/mol. The lowest BCUT2D eigenvalue weighted by atomic mass is 9.75. The zero-order valence-electron chi connectivity index (χ0n) is 24.3. The number of anilines is 1. The number of amides is 1. The van der Waals surface area contributed by atoms with Crippen LogP contribution in [0, 0.1) is 25.7 Å². The molecule has 12 heteroatoms. The van der Waals surface area contributed by atoms with Gasteiger partial charge in [-0.3, -0.25) is 9.69 Å². The quantitative estimate of drug-likeness (QED) is 0.264. The second kappa shape index (κ2) is 12.0. The minimum Gasteiger partial charge on any atom is -0.465 e. The number of carbonyl (C=O) groups excluding carboxylic acids is 2. The van der Waals surface area contributed by atoms with E-state index in [9.17, 15) is 9.59 Å². The Bertz CT molecular complexity index is 1650. The maximum Gasteiger partial charge on any atom is 0.348 e. The van der Waals surface area contributed by atoms with E-state index in [1.165, 1.54) is 53.8 Å². The van der Waals surface area contributed by atoms with Crippen molar-refractivity contribution in [1.29, 1.82) is 0 Å². The normalized spacial score (nSPS) is 19.8. The van der Waals surface area contributed by atoms with Crippen LogP contribution in [-0.2, 0) is 11.3 Å². The molecule has 1 aliphatic heterocycles. The van der Waals surface area contributed by atoms with Gasteiger partial charge in [-0.1, -0.05) is 19.8 Å². The van der Waals surface area contributed by atoms with Crippen molar-refractivity contribution in [2.75, 3.05) is 25.5 Å². The summed E-state index contributed by atoms with van der Waals surface area (Å²) in [5.74, 6) is 1.89. The molecule has 0 aromatic carbocycles. The highest BCUT2D eigenvalue weighted by Crippen LogP contribution is 2.43. The van der Waals surface area contributed by atoms with Crippen LogP contribution in [0.1, 0.15) is 82.0 Å². The van der Waals surface area contributed by atoms with Crippen LogP contribution in [0.3, 0.4) is 0 Å². The molecular weight excluding hydrogens is 571 g/mol. The fourth-order valence-electron chi connectivity index (χ4n) is 6.17. The number of hydrogen-bond donors (Lipinski definition) is 1. The van der Waals surface area contributed by atoms with Crippen molar-refractivity contribution < 1.29 is 14.3 Å². The number of aromatic nitrogens is 5. The molecule has 4 aromatic heterocycles. The second-order valence-corrected chi connectivity index (χ2v) is 13.1. The largest absolute Gasteiger partial charge is 0.465 e. The molecule has 10 nitrogen and oxygen atoms in total. The van der Waals surface area contributed by atoms with Gasteiger partial charge in [0.25, 0.3) is 11.7 Å². The monoisotopic (exact) mass is 605 g/mol. The summed E-state index contributed by atoms with van der Waals surface area (Å²) in [6, 6.07) is 3.95. The van der Waals surface area contributed by atoms with E-state index in [0.29, 0.717) is 33.8 Å². The van der Waals surface area contributed by atoms with E-state index >= 15 is 0 Å². The molecule has 0 bridgehead atoms. The molecule has 42 heavy (non-hydrogen) atoms. The van der Waals surface area contributed by atoms with Gasteiger partial charge in [-0.15, -0.1) is 27.8 Å². The van der Waals surface area contributed by atoms with E-state index in [0.717, 1.165) is 61.0 Å². The van der Waals surface area contributed by atoms with Crippen LogP contribution in [0.5, 0.6) is 0 Å². The lowest BCUT2D eigenvalue weighted by Gasteiger charge is -2.37. The van der Waals surface area contributed by atoms with Crippen molar-refractivity contribution in [3.63, 3.8) is 0 Å². The summed E-state index contributed by atoms with van der Waals surface area (Å²) in [6.45, 7) is 8.54. The number of hydrogen-bond acceptors (Lipinski definition) is 10. The standard InChI is InChI=1S/C30H35N7O3S2/c1-17-5-7-20(8-6-17)23-13-36(14-25-33-30-32-18(2)11-19(3)37(30)35-25)10-9-21(23)22-12-26(42-27(22)29(39)40-4)34-28(38)24-15-41-16-31-24/h11-12,15-17,20H,5-10,13-14H2,1-4H3,(H,34,38). The first kappa shape index (κ1) is 28.6. The average Bonchev–Trinajstić information content (AvgIpc) is 3.73. The first-order valence-corrected chi connectivity index (χ1v) is 16.1. The first-order chi connectivity index (χ1) is 20.3. The third-order valence-corrected chi connectivity index (χ3v) is 9.94. The van der Waals surface area contributed by atoms with Crippen molar-refractivity contribution in [3.8, 4) is 0 Å². The van der Waals surface area contributed by atoms with Gasteiger partial charge in [-0.25, -0.2) is 19.3 Å². The molecule has 0 atom stereocenters. The minimum absolute atomic E-state index is 0.286. The Morgan fingerprint density at radius 1 is 1.14 bits per heavy atom. The van der Waals surface area contributed by atoms with Gasteiger partial charge in [0.15, 0.2) is 5.82 Å². The fraction of sp³-hybridized carbons (Fsp3) is 0.467. The third kappa shape index (κ3) is 5.88. The van der Waals surface area contributed by atoms with Crippen LogP contribution < -0.4 is 5.32 Å². The molecule has 1 amide bonds. The Balaban J connectivity index is 1.33. The predicted molar refractivity (Wildman–Crippen MR) is 164 cm³/mol. The van der Waals surface area contributed by atoms with E-state index < -0.39 is 0 Å². The Kier molecular flexibility index (Phi) is 8.19. The summed E-state index contributed by atoms with van der Waals surface area (Å²) in [5.41, 5.74) is 7.38. The topological polar surface area (TPSA) is 115 Å². The van der Waals surface area contributed by atoms with Gasteiger partial charge < -0.3 is 10.1 Å². The number of thiazole rings is 1. The Morgan fingerprint density at radius 3 is 2.69 bits per heavy atom. The molecular formula is C30H35N7O3S2. The molecule has 6 rings (SSSR count). The molecule has 0 radical (unpaired) electrons. The number of methoxy groups -OCH3 is 1. The predicted octanol–water partition coefficient (Wildman–Crippen LogP) is 5.78. The maximum absolute atomic E-state index is 13.0. The van der Waals surface area contributed by atoms with Gasteiger partial charge in [-0.2, -0.15) is 4.98 Å². The molecule has 0 spiro atoms. The number of rotatable bonds is 7. The molecule has 0 unspecified atom stereocenters. The zero-order valence-corrected chi connectivity index (χ0v) is 26.0. The number of aryl methyl sites for hydroxylation is 2. The molecule has 2 aliphatic rings. The molecule has 1 aliphatic carbocycles. The van der Waals surface area contributed by atoms with Gasteiger partial charge in [0, 0.05) is 35.4 Å². The minimum atomic E-state index is -0.386. The van der Waals surface area contributed by atoms with Gasteiger partial charge >= 0.3 is 5.97 Å². The lowest BCUT2D eigenvalue weighted by Crippen LogP contribution is -2.34. The molecule has 1 N–H and O–H groups in total. The van der Waals surface area contributed by atoms with Crippen molar-refractivity contribution in [1.82, 2.24) is 29.5 Å². The first-order valence-electron chi connectivity index (χ1n) is 14.3. The highest BCUT2D eigenvalue weighted by Gasteiger charge is 2.32. The number of nitrogens with zero attached hydrogens (tertiary/aromatic N) is 6. The van der Waals surface area contributed by atoms with Crippen LogP contribution in [0.25, 0.3) is 11.4 Å². The number of nitrogens with one attached hydrogen (secondary N) is 1. The Hall–Kier alpha value is -3.48. The smallest absolute Gasteiger partial charge is 0.348 e. The second-order valence-electron chi connectivity index (χ2n) is 11.4. The summed E-state index contributed by atoms with van der Waals surface area (Å²) < 4.78 is 7.00. The zero-order chi connectivity index (χ0) is 29.4. The van der Waals surface area contributed by atoms with Crippen molar-refractivity contribution in [2.45, 2.75) is 59.4 Å². The number of carbonyl (C=O) groups is 2. The van der Waals surface area contributed by atoms with Crippen LogP contribution in [0.4, 0.5) is 5.00 Å². The van der Waals surface area contributed by atoms with E-state index in [-0.39, 0.29) is 11.9 Å². The highest BCUT2D eigenvalue weighted by atomic mass is 32.1.